The summed E-state index contributed by atoms with van der Waals surface area (Å²) in [7, 11) is -5.83. The molecule has 1 aliphatic carbocycles. The van der Waals surface area contributed by atoms with Crippen LogP contribution in [-0.4, -0.2) is 24.7 Å². The Labute approximate surface area is 134 Å². The number of alkyl halides is 3. The standard InChI is InChI=1S/C14H10F3NO5S/c15-14(16,17)24(20,21)23-10-6-2-1-4-8(10)13-18-12-9(19)5-3-7-11(12)22-13/h1-2,4,6H,3,5,7H2. The van der Waals surface area contributed by atoms with Crippen LogP contribution in [0.2, 0.25) is 0 Å². The van der Waals surface area contributed by atoms with Gasteiger partial charge < -0.3 is 8.60 Å². The van der Waals surface area contributed by atoms with E-state index < -0.39 is 21.4 Å². The number of aromatic nitrogens is 1. The van der Waals surface area contributed by atoms with Crippen LogP contribution in [0.4, 0.5) is 13.2 Å². The summed E-state index contributed by atoms with van der Waals surface area (Å²) in [6.45, 7) is 0. The number of rotatable bonds is 3. The number of hydrogen-bond acceptors (Lipinski definition) is 6. The number of oxazole rings is 1. The molecule has 0 bridgehead atoms. The first-order valence-electron chi connectivity index (χ1n) is 6.82. The van der Waals surface area contributed by atoms with E-state index in [2.05, 4.69) is 9.17 Å². The van der Waals surface area contributed by atoms with E-state index in [4.69, 9.17) is 4.42 Å². The van der Waals surface area contributed by atoms with Gasteiger partial charge in [-0.25, -0.2) is 4.98 Å². The van der Waals surface area contributed by atoms with E-state index in [1.807, 2.05) is 0 Å². The van der Waals surface area contributed by atoms with Gasteiger partial charge in [-0.2, -0.15) is 21.6 Å². The number of carbonyl (C=O) groups is 1. The van der Waals surface area contributed by atoms with Gasteiger partial charge in [-0.15, -0.1) is 0 Å². The second-order valence-corrected chi connectivity index (χ2v) is 6.58. The minimum Gasteiger partial charge on any atom is -0.440 e. The maximum Gasteiger partial charge on any atom is 0.534 e. The van der Waals surface area contributed by atoms with Gasteiger partial charge >= 0.3 is 15.6 Å². The number of carbonyl (C=O) groups excluding carboxylic acids is 1. The minimum absolute atomic E-state index is 0.0903. The molecular weight excluding hydrogens is 351 g/mol. The predicted octanol–water partition coefficient (Wildman–Crippen LogP) is 3.09. The Morgan fingerprint density at radius 1 is 1.17 bits per heavy atom. The van der Waals surface area contributed by atoms with E-state index >= 15 is 0 Å². The van der Waals surface area contributed by atoms with Crippen LogP contribution in [-0.2, 0) is 16.5 Å². The molecule has 0 radical (unpaired) electrons. The van der Waals surface area contributed by atoms with Crippen LogP contribution < -0.4 is 4.18 Å². The molecule has 24 heavy (non-hydrogen) atoms. The average Bonchev–Trinajstić information content (AvgIpc) is 2.91. The second-order valence-electron chi connectivity index (χ2n) is 5.05. The van der Waals surface area contributed by atoms with Crippen molar-refractivity contribution in [3.05, 3.63) is 35.7 Å². The van der Waals surface area contributed by atoms with Crippen molar-refractivity contribution in [1.82, 2.24) is 4.98 Å². The van der Waals surface area contributed by atoms with Gasteiger partial charge in [0.05, 0.1) is 5.56 Å². The van der Waals surface area contributed by atoms with Crippen molar-refractivity contribution >= 4 is 15.9 Å². The maximum absolute atomic E-state index is 12.5. The highest BCUT2D eigenvalue weighted by atomic mass is 32.2. The summed E-state index contributed by atoms with van der Waals surface area (Å²) < 4.78 is 69.5. The highest BCUT2D eigenvalue weighted by molar-refractivity contribution is 7.88. The first-order valence-corrected chi connectivity index (χ1v) is 8.23. The monoisotopic (exact) mass is 361 g/mol. The van der Waals surface area contributed by atoms with Gasteiger partial charge in [-0.05, 0) is 18.6 Å². The molecule has 0 unspecified atom stereocenters. The fourth-order valence-electron chi connectivity index (χ4n) is 2.26. The van der Waals surface area contributed by atoms with Gasteiger partial charge in [0.15, 0.2) is 11.5 Å². The number of ketones is 1. The lowest BCUT2D eigenvalue weighted by atomic mass is 10.0. The summed E-state index contributed by atoms with van der Waals surface area (Å²) in [4.78, 5) is 15.8. The number of Topliss-reactive ketones (excluding diaryl/α,β-unsaturated/α-hetero) is 1. The molecule has 1 aromatic heterocycles. The molecule has 0 saturated heterocycles. The summed E-state index contributed by atoms with van der Waals surface area (Å²) in [5.41, 5.74) is -5.54. The van der Waals surface area contributed by atoms with Crippen molar-refractivity contribution < 1.29 is 35.0 Å². The van der Waals surface area contributed by atoms with Crippen LogP contribution in [0, 0.1) is 0 Å². The lowest BCUT2D eigenvalue weighted by Crippen LogP contribution is -2.28. The van der Waals surface area contributed by atoms with Gasteiger partial charge in [0.2, 0.25) is 5.89 Å². The molecule has 0 saturated carbocycles. The number of halogens is 3. The van der Waals surface area contributed by atoms with Crippen molar-refractivity contribution in [2.45, 2.75) is 24.8 Å². The Morgan fingerprint density at radius 2 is 1.88 bits per heavy atom. The van der Waals surface area contributed by atoms with Crippen molar-refractivity contribution in [3.8, 4) is 17.2 Å². The molecule has 0 fully saturated rings. The van der Waals surface area contributed by atoms with Gasteiger partial charge in [-0.1, -0.05) is 12.1 Å². The van der Waals surface area contributed by atoms with E-state index in [0.717, 1.165) is 6.07 Å². The lowest BCUT2D eigenvalue weighted by Gasteiger charge is -2.11. The van der Waals surface area contributed by atoms with Crippen molar-refractivity contribution in [2.75, 3.05) is 0 Å². The molecule has 6 nitrogen and oxygen atoms in total. The largest absolute Gasteiger partial charge is 0.534 e. The summed E-state index contributed by atoms with van der Waals surface area (Å²) in [5, 5.41) is 0. The average molecular weight is 361 g/mol. The molecule has 0 aliphatic heterocycles. The number of aryl methyl sites for hydroxylation is 1. The van der Waals surface area contributed by atoms with Crippen LogP contribution in [0.5, 0.6) is 5.75 Å². The molecule has 0 amide bonds. The van der Waals surface area contributed by atoms with E-state index in [-0.39, 0.29) is 22.9 Å². The molecule has 1 aromatic carbocycles. The first-order chi connectivity index (χ1) is 11.2. The number of nitrogens with zero attached hydrogens (tertiary/aromatic N) is 1. The van der Waals surface area contributed by atoms with Crippen LogP contribution in [0.1, 0.15) is 29.1 Å². The van der Waals surface area contributed by atoms with Gasteiger partial charge in [0.1, 0.15) is 11.5 Å². The Hall–Kier alpha value is -2.36. The smallest absolute Gasteiger partial charge is 0.440 e. The van der Waals surface area contributed by atoms with Crippen molar-refractivity contribution in [1.29, 1.82) is 0 Å². The molecule has 0 N–H and O–H groups in total. The van der Waals surface area contributed by atoms with Gasteiger partial charge in [0.25, 0.3) is 0 Å². The Morgan fingerprint density at radius 3 is 2.54 bits per heavy atom. The minimum atomic E-state index is -5.83. The molecule has 3 rings (SSSR count). The molecule has 0 atom stereocenters. The SMILES string of the molecule is O=C1CCCc2oc(-c3ccccc3OS(=O)(=O)C(F)(F)F)nc21. The Balaban J connectivity index is 2.04. The third kappa shape index (κ3) is 2.88. The third-order valence-electron chi connectivity index (χ3n) is 3.37. The summed E-state index contributed by atoms with van der Waals surface area (Å²) in [6, 6.07) is 5.10. The number of benzene rings is 1. The number of para-hydroxylation sites is 1. The highest BCUT2D eigenvalue weighted by Gasteiger charge is 2.49. The zero-order chi connectivity index (χ0) is 17.5. The Kier molecular flexibility index (Phi) is 3.86. The first kappa shape index (κ1) is 16.5. The van der Waals surface area contributed by atoms with E-state index in [9.17, 15) is 26.4 Å². The van der Waals surface area contributed by atoms with Crippen molar-refractivity contribution in [3.63, 3.8) is 0 Å². The van der Waals surface area contributed by atoms with Crippen LogP contribution in [0.3, 0.4) is 0 Å². The van der Waals surface area contributed by atoms with Gasteiger partial charge in [0, 0.05) is 12.8 Å². The fraction of sp³-hybridized carbons (Fsp3) is 0.286. The molecule has 1 heterocycles. The van der Waals surface area contributed by atoms with E-state index in [1.54, 1.807) is 0 Å². The summed E-state index contributed by atoms with van der Waals surface area (Å²) in [5.74, 6) is -0.647. The maximum atomic E-state index is 12.5. The topological polar surface area (TPSA) is 86.5 Å². The number of hydrogen-bond donors (Lipinski definition) is 0. The van der Waals surface area contributed by atoms with Crippen molar-refractivity contribution in [2.24, 2.45) is 0 Å². The number of fused-ring (bicyclic) bond motifs is 1. The zero-order valence-electron chi connectivity index (χ0n) is 12.0. The highest BCUT2D eigenvalue weighted by Crippen LogP contribution is 2.35. The second kappa shape index (κ2) is 5.62. The molecule has 1 aliphatic rings. The summed E-state index contributed by atoms with van der Waals surface area (Å²) >= 11 is 0. The molecule has 10 heteroatoms. The van der Waals surface area contributed by atoms with Crippen LogP contribution in [0.15, 0.2) is 28.7 Å². The third-order valence-corrected chi connectivity index (χ3v) is 4.34. The van der Waals surface area contributed by atoms with Gasteiger partial charge in [-0.3, -0.25) is 4.79 Å². The molecule has 128 valence electrons. The normalized spacial score (nSPS) is 15.2. The fourth-order valence-corrected chi connectivity index (χ4v) is 2.74. The van der Waals surface area contributed by atoms with Crippen LogP contribution >= 0.6 is 0 Å². The molecular formula is C14H10F3NO5S. The van der Waals surface area contributed by atoms with Crippen LogP contribution in [0.25, 0.3) is 11.5 Å². The molecule has 2 aromatic rings. The summed E-state index contributed by atoms with van der Waals surface area (Å²) in [6.07, 6.45) is 1.36. The zero-order valence-corrected chi connectivity index (χ0v) is 12.8. The van der Waals surface area contributed by atoms with E-state index in [0.29, 0.717) is 25.0 Å². The predicted molar refractivity (Wildman–Crippen MR) is 74.8 cm³/mol. The lowest BCUT2D eigenvalue weighted by molar-refractivity contribution is -0.0499. The quantitative estimate of drug-likeness (QED) is 0.617. The Bertz CT molecular complexity index is 901. The molecule has 0 spiro atoms. The van der Waals surface area contributed by atoms with E-state index in [1.165, 1.54) is 18.2 Å².